The number of hydrogen-bond donors (Lipinski definition) is 0. The van der Waals surface area contributed by atoms with Crippen molar-refractivity contribution in [2.75, 3.05) is 45.9 Å². The number of carbonyl (C=O) groups is 1. The molecule has 4 heterocycles. The van der Waals surface area contributed by atoms with E-state index in [2.05, 4.69) is 9.88 Å². The van der Waals surface area contributed by atoms with Crippen molar-refractivity contribution in [1.29, 1.82) is 0 Å². The van der Waals surface area contributed by atoms with Crippen LogP contribution in [0.25, 0.3) is 0 Å². The van der Waals surface area contributed by atoms with Gasteiger partial charge in [0.2, 0.25) is 0 Å². The largest absolute Gasteiger partial charge is 0.381 e. The first-order chi connectivity index (χ1) is 12.2. The van der Waals surface area contributed by atoms with Crippen molar-refractivity contribution in [3.05, 3.63) is 30.1 Å². The first-order valence-electron chi connectivity index (χ1n) is 9.74. The summed E-state index contributed by atoms with van der Waals surface area (Å²) in [5.41, 5.74) is 1.18. The molecule has 4 rings (SSSR count). The van der Waals surface area contributed by atoms with Gasteiger partial charge in [0.25, 0.3) is 5.91 Å². The Morgan fingerprint density at radius 3 is 2.60 bits per heavy atom. The molecule has 1 atom stereocenters. The highest BCUT2D eigenvalue weighted by Crippen LogP contribution is 2.41. The zero-order valence-corrected chi connectivity index (χ0v) is 15.0. The number of pyridine rings is 1. The zero-order valence-electron chi connectivity index (χ0n) is 15.0. The lowest BCUT2D eigenvalue weighted by atomic mass is 9.71. The SMILES string of the molecule is O=C(c1cccnc1)N1CCC2(CCN(C[C@@H]3CCOC3)CC2)CC1. The predicted octanol–water partition coefficient (Wildman–Crippen LogP) is 2.44. The Morgan fingerprint density at radius 1 is 1.20 bits per heavy atom. The van der Waals surface area contributed by atoms with Crippen molar-refractivity contribution in [2.45, 2.75) is 32.1 Å². The fraction of sp³-hybridized carbons (Fsp3) is 0.700. The van der Waals surface area contributed by atoms with Crippen LogP contribution in [0.15, 0.2) is 24.5 Å². The molecule has 0 unspecified atom stereocenters. The van der Waals surface area contributed by atoms with Crippen LogP contribution in [0.3, 0.4) is 0 Å². The Balaban J connectivity index is 1.26. The van der Waals surface area contributed by atoms with Crippen LogP contribution >= 0.6 is 0 Å². The number of amides is 1. The molecule has 3 fully saturated rings. The molecule has 0 radical (unpaired) electrons. The third-order valence-electron chi connectivity index (χ3n) is 6.48. The average Bonchev–Trinajstić information content (AvgIpc) is 3.18. The molecule has 25 heavy (non-hydrogen) atoms. The van der Waals surface area contributed by atoms with E-state index in [-0.39, 0.29) is 5.91 Å². The molecular formula is C20H29N3O2. The van der Waals surface area contributed by atoms with Crippen molar-refractivity contribution < 1.29 is 9.53 Å². The van der Waals surface area contributed by atoms with Crippen LogP contribution in [0.5, 0.6) is 0 Å². The minimum atomic E-state index is 0.140. The monoisotopic (exact) mass is 343 g/mol. The third-order valence-corrected chi connectivity index (χ3v) is 6.48. The second-order valence-electron chi connectivity index (χ2n) is 8.06. The molecule has 0 saturated carbocycles. The molecule has 0 aromatic carbocycles. The minimum Gasteiger partial charge on any atom is -0.381 e. The van der Waals surface area contributed by atoms with Gasteiger partial charge in [-0.15, -0.1) is 0 Å². The van der Waals surface area contributed by atoms with Crippen LogP contribution in [0.2, 0.25) is 0 Å². The Labute approximate surface area is 150 Å². The van der Waals surface area contributed by atoms with Crippen LogP contribution in [0.1, 0.15) is 42.5 Å². The van der Waals surface area contributed by atoms with Gasteiger partial charge in [0.05, 0.1) is 12.2 Å². The number of likely N-dealkylation sites (tertiary alicyclic amines) is 2. The lowest BCUT2D eigenvalue weighted by molar-refractivity contribution is 0.0264. The van der Waals surface area contributed by atoms with Gasteiger partial charge in [-0.25, -0.2) is 0 Å². The summed E-state index contributed by atoms with van der Waals surface area (Å²) < 4.78 is 5.51. The number of hydrogen-bond acceptors (Lipinski definition) is 4. The van der Waals surface area contributed by atoms with Gasteiger partial charge in [-0.05, 0) is 68.7 Å². The molecule has 0 bridgehead atoms. The first kappa shape index (κ1) is 17.0. The first-order valence-corrected chi connectivity index (χ1v) is 9.74. The van der Waals surface area contributed by atoms with Crippen LogP contribution in [0, 0.1) is 11.3 Å². The van der Waals surface area contributed by atoms with E-state index in [4.69, 9.17) is 4.74 Å². The van der Waals surface area contributed by atoms with Crippen LogP contribution in [0.4, 0.5) is 0 Å². The van der Waals surface area contributed by atoms with Crippen molar-refractivity contribution in [3.63, 3.8) is 0 Å². The Kier molecular flexibility index (Phi) is 5.04. The van der Waals surface area contributed by atoms with Gasteiger partial charge < -0.3 is 14.5 Å². The van der Waals surface area contributed by atoms with Crippen molar-refractivity contribution in [1.82, 2.24) is 14.8 Å². The maximum atomic E-state index is 12.6. The van der Waals surface area contributed by atoms with Gasteiger partial charge in [0.1, 0.15) is 0 Å². The second kappa shape index (κ2) is 7.42. The highest BCUT2D eigenvalue weighted by atomic mass is 16.5. The second-order valence-corrected chi connectivity index (χ2v) is 8.06. The van der Waals surface area contributed by atoms with Crippen LogP contribution in [-0.4, -0.2) is 66.6 Å². The Bertz CT molecular complexity index is 568. The van der Waals surface area contributed by atoms with Crippen molar-refractivity contribution in [3.8, 4) is 0 Å². The number of aromatic nitrogens is 1. The summed E-state index contributed by atoms with van der Waals surface area (Å²) in [7, 11) is 0. The smallest absolute Gasteiger partial charge is 0.255 e. The standard InChI is InChI=1S/C20H29N3O2/c24-19(18-2-1-8-21-14-18)23-11-6-20(7-12-23)4-9-22(10-5-20)15-17-3-13-25-16-17/h1-2,8,14,17H,3-7,9-13,15-16H2/t17-/m0/s1. The highest BCUT2D eigenvalue weighted by Gasteiger charge is 2.39. The normalized spacial score (nSPS) is 26.9. The number of ether oxygens (including phenoxy) is 1. The van der Waals surface area contributed by atoms with Gasteiger partial charge in [-0.1, -0.05) is 0 Å². The quantitative estimate of drug-likeness (QED) is 0.846. The average molecular weight is 343 g/mol. The molecule has 3 aliphatic heterocycles. The molecule has 1 aromatic rings. The Morgan fingerprint density at radius 2 is 1.96 bits per heavy atom. The topological polar surface area (TPSA) is 45.7 Å². The molecule has 1 spiro atoms. The molecule has 0 aliphatic carbocycles. The van der Waals surface area contributed by atoms with E-state index in [9.17, 15) is 4.79 Å². The van der Waals surface area contributed by atoms with Crippen LogP contribution < -0.4 is 0 Å². The maximum Gasteiger partial charge on any atom is 0.255 e. The van der Waals surface area contributed by atoms with Gasteiger partial charge in [0, 0.05) is 38.6 Å². The Hall–Kier alpha value is -1.46. The molecule has 136 valence electrons. The summed E-state index contributed by atoms with van der Waals surface area (Å²) in [4.78, 5) is 21.3. The van der Waals surface area contributed by atoms with Crippen LogP contribution in [-0.2, 0) is 4.74 Å². The van der Waals surface area contributed by atoms with E-state index in [1.807, 2.05) is 17.0 Å². The summed E-state index contributed by atoms with van der Waals surface area (Å²) in [6, 6.07) is 3.70. The maximum absolute atomic E-state index is 12.6. The summed E-state index contributed by atoms with van der Waals surface area (Å²) in [6.45, 7) is 7.33. The van der Waals surface area contributed by atoms with Gasteiger partial charge in [-0.2, -0.15) is 0 Å². The fourth-order valence-electron chi connectivity index (χ4n) is 4.66. The summed E-state index contributed by atoms with van der Waals surface area (Å²) in [5.74, 6) is 0.884. The molecular weight excluding hydrogens is 314 g/mol. The van der Waals surface area contributed by atoms with Gasteiger partial charge >= 0.3 is 0 Å². The minimum absolute atomic E-state index is 0.140. The van der Waals surface area contributed by atoms with E-state index in [0.717, 1.165) is 45.1 Å². The lowest BCUT2D eigenvalue weighted by Gasteiger charge is -2.47. The lowest BCUT2D eigenvalue weighted by Crippen LogP contribution is -2.48. The number of nitrogens with zero attached hydrogens (tertiary/aromatic N) is 3. The predicted molar refractivity (Wildman–Crippen MR) is 96.4 cm³/mol. The summed E-state index contributed by atoms with van der Waals surface area (Å²) in [5, 5.41) is 0. The molecule has 0 N–H and O–H groups in total. The molecule has 1 amide bonds. The van der Waals surface area contributed by atoms with Crippen molar-refractivity contribution in [2.24, 2.45) is 11.3 Å². The fourth-order valence-corrected chi connectivity index (χ4v) is 4.66. The number of carbonyl (C=O) groups excluding carboxylic acids is 1. The van der Waals surface area contributed by atoms with Gasteiger partial charge in [0.15, 0.2) is 0 Å². The zero-order chi connectivity index (χ0) is 17.1. The molecule has 3 aliphatic rings. The molecule has 5 nitrogen and oxygen atoms in total. The van der Waals surface area contributed by atoms with Gasteiger partial charge in [-0.3, -0.25) is 9.78 Å². The molecule has 3 saturated heterocycles. The molecule has 1 aromatic heterocycles. The van der Waals surface area contributed by atoms with E-state index >= 15 is 0 Å². The van der Waals surface area contributed by atoms with E-state index in [1.54, 1.807) is 12.4 Å². The van der Waals surface area contributed by atoms with E-state index in [1.165, 1.54) is 38.9 Å². The van der Waals surface area contributed by atoms with E-state index < -0.39 is 0 Å². The number of piperidine rings is 2. The third kappa shape index (κ3) is 3.87. The summed E-state index contributed by atoms with van der Waals surface area (Å²) >= 11 is 0. The highest BCUT2D eigenvalue weighted by molar-refractivity contribution is 5.93. The van der Waals surface area contributed by atoms with E-state index in [0.29, 0.717) is 11.0 Å². The van der Waals surface area contributed by atoms with Crippen molar-refractivity contribution >= 4 is 5.91 Å². The molecule has 5 heteroatoms. The summed E-state index contributed by atoms with van der Waals surface area (Å²) in [6.07, 6.45) is 9.50. The number of rotatable bonds is 3.